The minimum atomic E-state index is -2.83. The van der Waals surface area contributed by atoms with Crippen LogP contribution in [0.3, 0.4) is 0 Å². The third kappa shape index (κ3) is 3.20. The first kappa shape index (κ1) is 12.4. The Morgan fingerprint density at radius 1 is 1.47 bits per heavy atom. The lowest BCUT2D eigenvalue weighted by Crippen LogP contribution is -2.32. The van der Waals surface area contributed by atoms with Gasteiger partial charge in [0.1, 0.15) is 5.75 Å². The molecule has 0 aliphatic carbocycles. The second-order valence-electron chi connectivity index (χ2n) is 4.64. The Morgan fingerprint density at radius 3 is 2.82 bits per heavy atom. The number of phenols is 1. The molecule has 2 rings (SSSR count). The lowest BCUT2D eigenvalue weighted by atomic mass is 10.1. The van der Waals surface area contributed by atoms with Crippen molar-refractivity contribution in [2.75, 3.05) is 18.6 Å². The lowest BCUT2D eigenvalue weighted by Gasteiger charge is -2.23. The Labute approximate surface area is 102 Å². The van der Waals surface area contributed by atoms with Crippen molar-refractivity contribution >= 4 is 9.84 Å². The van der Waals surface area contributed by atoms with Crippen LogP contribution in [0.1, 0.15) is 12.0 Å². The third-order valence-corrected chi connectivity index (χ3v) is 4.92. The maximum absolute atomic E-state index is 11.4. The second kappa shape index (κ2) is 4.66. The van der Waals surface area contributed by atoms with Crippen molar-refractivity contribution in [1.82, 2.24) is 4.90 Å². The number of hydrogen-bond donors (Lipinski definition) is 1. The van der Waals surface area contributed by atoms with Crippen molar-refractivity contribution in [1.29, 1.82) is 0 Å². The predicted octanol–water partition coefficient (Wildman–Crippen LogP) is 1.01. The molecule has 1 atom stereocenters. The molecule has 1 N–H and O–H groups in total. The van der Waals surface area contributed by atoms with E-state index in [0.29, 0.717) is 18.7 Å². The van der Waals surface area contributed by atoms with Crippen LogP contribution in [0.5, 0.6) is 5.75 Å². The van der Waals surface area contributed by atoms with Gasteiger partial charge < -0.3 is 5.11 Å². The molecule has 1 aromatic carbocycles. The number of phenolic OH excluding ortho intramolecular Hbond substituents is 1. The van der Waals surface area contributed by atoms with E-state index in [-0.39, 0.29) is 17.5 Å². The summed E-state index contributed by atoms with van der Waals surface area (Å²) in [6.45, 7) is 0.661. The molecule has 0 amide bonds. The summed E-state index contributed by atoms with van der Waals surface area (Å²) in [5.41, 5.74) is 0.997. The average Bonchev–Trinajstić information content (AvgIpc) is 2.59. The zero-order chi connectivity index (χ0) is 12.5. The highest BCUT2D eigenvalue weighted by atomic mass is 32.2. The topological polar surface area (TPSA) is 57.6 Å². The van der Waals surface area contributed by atoms with Crippen LogP contribution in [0.15, 0.2) is 24.3 Å². The van der Waals surface area contributed by atoms with E-state index in [1.165, 1.54) is 0 Å². The van der Waals surface area contributed by atoms with Crippen molar-refractivity contribution < 1.29 is 13.5 Å². The van der Waals surface area contributed by atoms with Crippen molar-refractivity contribution in [3.63, 3.8) is 0 Å². The van der Waals surface area contributed by atoms with E-state index in [1.807, 2.05) is 18.0 Å². The van der Waals surface area contributed by atoms with Crippen LogP contribution in [-0.2, 0) is 16.4 Å². The molecule has 1 unspecified atom stereocenters. The second-order valence-corrected chi connectivity index (χ2v) is 6.87. The molecule has 1 heterocycles. The van der Waals surface area contributed by atoms with E-state index in [4.69, 9.17) is 0 Å². The van der Waals surface area contributed by atoms with Gasteiger partial charge >= 0.3 is 0 Å². The summed E-state index contributed by atoms with van der Waals surface area (Å²) in [7, 11) is -0.906. The molecule has 1 saturated heterocycles. The standard InChI is InChI=1S/C12H17NO3S/c1-13(11-5-6-17(15,16)9-11)8-10-3-2-4-12(14)7-10/h2-4,7,11,14H,5-6,8-9H2,1H3. The number of hydrogen-bond acceptors (Lipinski definition) is 4. The fourth-order valence-corrected chi connectivity index (χ4v) is 4.00. The van der Waals surface area contributed by atoms with E-state index in [0.717, 1.165) is 5.56 Å². The molecule has 1 aliphatic rings. The molecule has 4 nitrogen and oxygen atoms in total. The van der Waals surface area contributed by atoms with Crippen LogP contribution >= 0.6 is 0 Å². The highest BCUT2D eigenvalue weighted by Crippen LogP contribution is 2.19. The van der Waals surface area contributed by atoms with Crippen molar-refractivity contribution in [2.24, 2.45) is 0 Å². The molecule has 1 aliphatic heterocycles. The van der Waals surface area contributed by atoms with Gasteiger partial charge in [-0.3, -0.25) is 4.90 Å². The molecule has 0 saturated carbocycles. The van der Waals surface area contributed by atoms with E-state index >= 15 is 0 Å². The fourth-order valence-electron chi connectivity index (χ4n) is 2.19. The summed E-state index contributed by atoms with van der Waals surface area (Å²) < 4.78 is 22.8. The number of aromatic hydroxyl groups is 1. The SMILES string of the molecule is CN(Cc1cccc(O)c1)C1CCS(=O)(=O)C1. The molecular weight excluding hydrogens is 238 g/mol. The Hall–Kier alpha value is -1.07. The highest BCUT2D eigenvalue weighted by Gasteiger charge is 2.30. The maximum Gasteiger partial charge on any atom is 0.151 e. The number of nitrogens with zero attached hydrogens (tertiary/aromatic N) is 1. The molecule has 1 fully saturated rings. The van der Waals surface area contributed by atoms with E-state index in [9.17, 15) is 13.5 Å². The van der Waals surface area contributed by atoms with Gasteiger partial charge in [0.15, 0.2) is 9.84 Å². The molecule has 0 spiro atoms. The van der Waals surface area contributed by atoms with Crippen LogP contribution in [0.2, 0.25) is 0 Å². The van der Waals surface area contributed by atoms with Gasteiger partial charge in [-0.2, -0.15) is 0 Å². The summed E-state index contributed by atoms with van der Waals surface area (Å²) in [6, 6.07) is 7.16. The molecule has 5 heteroatoms. The molecule has 1 aromatic rings. The van der Waals surface area contributed by atoms with E-state index in [2.05, 4.69) is 0 Å². The van der Waals surface area contributed by atoms with Crippen molar-refractivity contribution in [3.8, 4) is 5.75 Å². The van der Waals surface area contributed by atoms with Gasteiger partial charge in [-0.05, 0) is 31.2 Å². The Bertz CT molecular complexity index is 498. The average molecular weight is 255 g/mol. The smallest absolute Gasteiger partial charge is 0.151 e. The quantitative estimate of drug-likeness (QED) is 0.876. The summed E-state index contributed by atoms with van der Waals surface area (Å²) in [6.07, 6.45) is 0.706. The Balaban J connectivity index is 2.00. The highest BCUT2D eigenvalue weighted by molar-refractivity contribution is 7.91. The first-order chi connectivity index (χ1) is 7.96. The first-order valence-corrected chi connectivity index (χ1v) is 7.47. The van der Waals surface area contributed by atoms with Gasteiger partial charge in [0.25, 0.3) is 0 Å². The number of rotatable bonds is 3. The summed E-state index contributed by atoms with van der Waals surface area (Å²) >= 11 is 0. The number of benzene rings is 1. The van der Waals surface area contributed by atoms with Gasteiger partial charge in [-0.1, -0.05) is 12.1 Å². The summed E-state index contributed by atoms with van der Waals surface area (Å²) in [5.74, 6) is 0.791. The first-order valence-electron chi connectivity index (χ1n) is 5.65. The Kier molecular flexibility index (Phi) is 3.40. The van der Waals surface area contributed by atoms with Crippen LogP contribution in [0, 0.1) is 0 Å². The molecule has 94 valence electrons. The van der Waals surface area contributed by atoms with Gasteiger partial charge in [-0.15, -0.1) is 0 Å². The van der Waals surface area contributed by atoms with Crippen molar-refractivity contribution in [3.05, 3.63) is 29.8 Å². The normalized spacial score (nSPS) is 23.1. The van der Waals surface area contributed by atoms with Crippen LogP contribution in [0.4, 0.5) is 0 Å². The minimum absolute atomic E-state index is 0.0994. The van der Waals surface area contributed by atoms with Gasteiger partial charge in [0, 0.05) is 12.6 Å². The zero-order valence-electron chi connectivity index (χ0n) is 9.83. The molecular formula is C12H17NO3S. The molecule has 0 bridgehead atoms. The van der Waals surface area contributed by atoms with Crippen LogP contribution in [0.25, 0.3) is 0 Å². The minimum Gasteiger partial charge on any atom is -0.508 e. The summed E-state index contributed by atoms with van der Waals surface area (Å²) in [4.78, 5) is 2.04. The lowest BCUT2D eigenvalue weighted by molar-refractivity contribution is 0.253. The predicted molar refractivity (Wildman–Crippen MR) is 66.6 cm³/mol. The monoisotopic (exact) mass is 255 g/mol. The largest absolute Gasteiger partial charge is 0.508 e. The van der Waals surface area contributed by atoms with Gasteiger partial charge in [0.05, 0.1) is 11.5 Å². The van der Waals surface area contributed by atoms with E-state index < -0.39 is 9.84 Å². The fraction of sp³-hybridized carbons (Fsp3) is 0.500. The number of sulfone groups is 1. The molecule has 17 heavy (non-hydrogen) atoms. The third-order valence-electron chi connectivity index (χ3n) is 3.17. The summed E-state index contributed by atoms with van der Waals surface area (Å²) in [5, 5.41) is 9.36. The van der Waals surface area contributed by atoms with Gasteiger partial charge in [0.2, 0.25) is 0 Å². The van der Waals surface area contributed by atoms with E-state index in [1.54, 1.807) is 18.2 Å². The van der Waals surface area contributed by atoms with Crippen LogP contribution < -0.4 is 0 Å². The van der Waals surface area contributed by atoms with Crippen molar-refractivity contribution in [2.45, 2.75) is 19.0 Å². The molecule has 0 radical (unpaired) electrons. The molecule has 0 aromatic heterocycles. The van der Waals surface area contributed by atoms with Crippen LogP contribution in [-0.4, -0.2) is 43.0 Å². The zero-order valence-corrected chi connectivity index (χ0v) is 10.7. The maximum atomic E-state index is 11.4. The Morgan fingerprint density at radius 2 is 2.24 bits per heavy atom. The van der Waals surface area contributed by atoms with Gasteiger partial charge in [-0.25, -0.2) is 8.42 Å².